The number of aromatic amines is 1. The highest BCUT2D eigenvalue weighted by molar-refractivity contribution is 7.99. The number of halogens is 1. The van der Waals surface area contributed by atoms with Gasteiger partial charge < -0.3 is 14.5 Å². The van der Waals surface area contributed by atoms with E-state index in [-0.39, 0.29) is 23.9 Å². The predicted octanol–water partition coefficient (Wildman–Crippen LogP) is 4.69. The van der Waals surface area contributed by atoms with Gasteiger partial charge >= 0.3 is 5.97 Å². The number of methoxy groups -OCH3 is 1. The molecule has 0 amide bonds. The van der Waals surface area contributed by atoms with Gasteiger partial charge in [0.1, 0.15) is 6.61 Å². The Hall–Kier alpha value is -3.92. The van der Waals surface area contributed by atoms with E-state index in [0.29, 0.717) is 33.5 Å². The maximum Gasteiger partial charge on any atom is 0.339 e. The zero-order valence-electron chi connectivity index (χ0n) is 19.4. The third-order valence-electron chi connectivity index (χ3n) is 5.35. The van der Waals surface area contributed by atoms with Gasteiger partial charge in [0.15, 0.2) is 28.3 Å². The van der Waals surface area contributed by atoms with Crippen molar-refractivity contribution >= 4 is 23.5 Å². The van der Waals surface area contributed by atoms with Crippen molar-refractivity contribution < 1.29 is 23.5 Å². The number of rotatable bonds is 9. The third-order valence-corrected chi connectivity index (χ3v) is 6.28. The van der Waals surface area contributed by atoms with E-state index in [0.717, 1.165) is 5.69 Å². The number of benzene rings is 2. The lowest BCUT2D eigenvalue weighted by Gasteiger charge is -2.11. The van der Waals surface area contributed by atoms with E-state index in [9.17, 15) is 14.0 Å². The minimum atomic E-state index is -0.494. The fourth-order valence-corrected chi connectivity index (χ4v) is 4.51. The van der Waals surface area contributed by atoms with Crippen LogP contribution in [0.1, 0.15) is 37.9 Å². The highest BCUT2D eigenvalue weighted by Crippen LogP contribution is 2.26. The van der Waals surface area contributed by atoms with E-state index in [4.69, 9.17) is 9.47 Å². The SMILES string of the molecule is COC(=O)c1c(C)[nH]c(C(=O)CSc2nnc(COc3ccccc3F)n2-c2ccccc2)c1C. The number of ketones is 1. The Balaban J connectivity index is 1.57. The van der Waals surface area contributed by atoms with Crippen LogP contribution in [0.25, 0.3) is 5.69 Å². The van der Waals surface area contributed by atoms with Crippen molar-refractivity contribution in [3.63, 3.8) is 0 Å². The Bertz CT molecular complexity index is 1370. The summed E-state index contributed by atoms with van der Waals surface area (Å²) in [6.07, 6.45) is 0. The maximum atomic E-state index is 14.0. The van der Waals surface area contributed by atoms with Crippen molar-refractivity contribution in [3.05, 3.63) is 88.8 Å². The third kappa shape index (κ3) is 5.12. The highest BCUT2D eigenvalue weighted by atomic mass is 32.2. The topological polar surface area (TPSA) is 99.1 Å². The van der Waals surface area contributed by atoms with Crippen molar-refractivity contribution in [2.75, 3.05) is 12.9 Å². The number of thioether (sulfide) groups is 1. The summed E-state index contributed by atoms with van der Waals surface area (Å²) >= 11 is 1.20. The molecule has 0 radical (unpaired) electrons. The number of nitrogens with one attached hydrogen (secondary N) is 1. The number of Topliss-reactive ketones (excluding diaryl/α,β-unsaturated/α-hetero) is 1. The second-order valence-corrected chi connectivity index (χ2v) is 8.56. The second kappa shape index (κ2) is 10.6. The molecule has 0 bridgehead atoms. The van der Waals surface area contributed by atoms with Crippen LogP contribution in [-0.4, -0.2) is 44.4 Å². The maximum absolute atomic E-state index is 14.0. The number of carbonyl (C=O) groups is 2. The lowest BCUT2D eigenvalue weighted by Crippen LogP contribution is -2.09. The molecule has 2 aromatic heterocycles. The standard InChI is InChI=1S/C25H23FN4O4S/c1-15-22(24(32)33-3)16(2)27-23(15)19(31)14-35-25-29-28-21(30(25)17-9-5-4-6-10-17)13-34-20-12-8-7-11-18(20)26/h4-12,27H,13-14H2,1-3H3. The van der Waals surface area contributed by atoms with Crippen molar-refractivity contribution in [1.29, 1.82) is 0 Å². The summed E-state index contributed by atoms with van der Waals surface area (Å²) in [4.78, 5) is 28.0. The molecule has 0 fully saturated rings. The van der Waals surface area contributed by atoms with Crippen LogP contribution >= 0.6 is 11.8 Å². The first-order valence-corrected chi connectivity index (χ1v) is 11.7. The van der Waals surface area contributed by atoms with Gasteiger partial charge in [0.25, 0.3) is 0 Å². The lowest BCUT2D eigenvalue weighted by molar-refractivity contribution is 0.0599. The van der Waals surface area contributed by atoms with Crippen LogP contribution in [0.4, 0.5) is 4.39 Å². The van der Waals surface area contributed by atoms with Crippen LogP contribution in [0, 0.1) is 19.7 Å². The average Bonchev–Trinajstić information content (AvgIpc) is 3.41. The quantitative estimate of drug-likeness (QED) is 0.205. The van der Waals surface area contributed by atoms with E-state index < -0.39 is 11.8 Å². The molecule has 4 aromatic rings. The normalized spacial score (nSPS) is 10.9. The molecule has 8 nitrogen and oxygen atoms in total. The van der Waals surface area contributed by atoms with E-state index in [1.165, 1.54) is 31.0 Å². The van der Waals surface area contributed by atoms with E-state index >= 15 is 0 Å². The largest absolute Gasteiger partial charge is 0.483 e. The minimum Gasteiger partial charge on any atom is -0.483 e. The highest BCUT2D eigenvalue weighted by Gasteiger charge is 2.23. The summed E-state index contributed by atoms with van der Waals surface area (Å²) in [6, 6.07) is 15.5. The molecule has 0 saturated carbocycles. The molecular weight excluding hydrogens is 471 g/mol. The van der Waals surface area contributed by atoms with Gasteiger partial charge in [-0.25, -0.2) is 9.18 Å². The molecule has 0 aliphatic carbocycles. The lowest BCUT2D eigenvalue weighted by atomic mass is 10.1. The molecule has 0 saturated heterocycles. The summed E-state index contributed by atoms with van der Waals surface area (Å²) in [5.41, 5.74) is 2.61. The number of ether oxygens (including phenoxy) is 2. The monoisotopic (exact) mass is 494 g/mol. The molecule has 35 heavy (non-hydrogen) atoms. The number of H-pyrrole nitrogens is 1. The van der Waals surface area contributed by atoms with Crippen molar-refractivity contribution in [3.8, 4) is 11.4 Å². The molecule has 1 N–H and O–H groups in total. The van der Waals surface area contributed by atoms with E-state index in [1.54, 1.807) is 30.5 Å². The fraction of sp³-hybridized carbons (Fsp3) is 0.200. The van der Waals surface area contributed by atoms with Gasteiger partial charge in [-0.05, 0) is 43.7 Å². The number of aryl methyl sites for hydroxylation is 1. The fourth-order valence-electron chi connectivity index (χ4n) is 3.67. The Morgan fingerprint density at radius 1 is 1.06 bits per heavy atom. The first-order valence-electron chi connectivity index (χ1n) is 10.7. The van der Waals surface area contributed by atoms with Crippen LogP contribution in [0.5, 0.6) is 5.75 Å². The number of carbonyl (C=O) groups excluding carboxylic acids is 2. The zero-order valence-corrected chi connectivity index (χ0v) is 20.2. The zero-order chi connectivity index (χ0) is 24.9. The predicted molar refractivity (Wildman–Crippen MR) is 129 cm³/mol. The summed E-state index contributed by atoms with van der Waals surface area (Å²) in [5.74, 6) is -0.543. The van der Waals surface area contributed by atoms with Crippen LogP contribution in [-0.2, 0) is 11.3 Å². The number of hydrogen-bond acceptors (Lipinski definition) is 7. The molecule has 4 rings (SSSR count). The average molecular weight is 495 g/mol. The van der Waals surface area contributed by atoms with Crippen molar-refractivity contribution in [2.45, 2.75) is 25.6 Å². The first-order chi connectivity index (χ1) is 16.9. The molecule has 180 valence electrons. The molecule has 10 heteroatoms. The van der Waals surface area contributed by atoms with Crippen LogP contribution < -0.4 is 4.74 Å². The molecule has 0 unspecified atom stereocenters. The number of esters is 1. The van der Waals surface area contributed by atoms with Gasteiger partial charge in [-0.15, -0.1) is 10.2 Å². The minimum absolute atomic E-state index is 0.0191. The molecule has 2 heterocycles. The molecule has 0 atom stereocenters. The molecule has 0 aliphatic heterocycles. The van der Waals surface area contributed by atoms with Gasteiger partial charge in [-0.2, -0.15) is 0 Å². The van der Waals surface area contributed by atoms with E-state index in [2.05, 4.69) is 15.2 Å². The number of para-hydroxylation sites is 2. The second-order valence-electron chi connectivity index (χ2n) is 7.62. The number of aromatic nitrogens is 4. The molecular formula is C25H23FN4O4S. The van der Waals surface area contributed by atoms with Gasteiger partial charge in [-0.3, -0.25) is 9.36 Å². The smallest absolute Gasteiger partial charge is 0.339 e. The molecule has 2 aromatic carbocycles. The summed E-state index contributed by atoms with van der Waals surface area (Å²) in [7, 11) is 1.30. The van der Waals surface area contributed by atoms with Gasteiger partial charge in [-0.1, -0.05) is 42.1 Å². The van der Waals surface area contributed by atoms with Crippen molar-refractivity contribution in [1.82, 2.24) is 19.7 Å². The van der Waals surface area contributed by atoms with Gasteiger partial charge in [0.05, 0.1) is 24.1 Å². The Morgan fingerprint density at radius 2 is 1.77 bits per heavy atom. The van der Waals surface area contributed by atoms with E-state index in [1.807, 2.05) is 30.3 Å². The molecule has 0 aliphatic rings. The summed E-state index contributed by atoms with van der Waals surface area (Å²) in [6.45, 7) is 3.41. The van der Waals surface area contributed by atoms with Crippen molar-refractivity contribution in [2.24, 2.45) is 0 Å². The van der Waals surface area contributed by atoms with Gasteiger partial charge in [0.2, 0.25) is 0 Å². The van der Waals surface area contributed by atoms with Crippen LogP contribution in [0.15, 0.2) is 59.8 Å². The Labute approximate surface area is 205 Å². The summed E-state index contributed by atoms with van der Waals surface area (Å²) in [5, 5.41) is 8.95. The van der Waals surface area contributed by atoms with Gasteiger partial charge in [0, 0.05) is 11.4 Å². The van der Waals surface area contributed by atoms with Crippen LogP contribution in [0.2, 0.25) is 0 Å². The van der Waals surface area contributed by atoms with Crippen LogP contribution in [0.3, 0.4) is 0 Å². The Morgan fingerprint density at radius 3 is 2.49 bits per heavy atom. The summed E-state index contributed by atoms with van der Waals surface area (Å²) < 4.78 is 26.2. The number of hydrogen-bond donors (Lipinski definition) is 1. The molecule has 0 spiro atoms. The first kappa shape index (κ1) is 24.2. The Kier molecular flexibility index (Phi) is 7.31. The number of nitrogens with zero attached hydrogens (tertiary/aromatic N) is 3.